The van der Waals surface area contributed by atoms with Crippen LogP contribution in [0.1, 0.15) is 6.92 Å². The third kappa shape index (κ3) is 3.98. The number of nitrogens with one attached hydrogen (secondary N) is 2. The molecular formula is C11H21N3O3. The summed E-state index contributed by atoms with van der Waals surface area (Å²) in [6.45, 7) is 3.94. The number of rotatable bonds is 4. The summed E-state index contributed by atoms with van der Waals surface area (Å²) in [6, 6.07) is -0.286. The number of likely N-dealkylation sites (N-methyl/N-ethyl adjacent to an activating group) is 1. The van der Waals surface area contributed by atoms with Crippen molar-refractivity contribution in [2.45, 2.75) is 13.0 Å². The van der Waals surface area contributed by atoms with Crippen LogP contribution >= 0.6 is 0 Å². The summed E-state index contributed by atoms with van der Waals surface area (Å²) in [5, 5.41) is 5.67. The highest BCUT2D eigenvalue weighted by atomic mass is 16.5. The van der Waals surface area contributed by atoms with Gasteiger partial charge in [-0.25, -0.2) is 0 Å². The van der Waals surface area contributed by atoms with E-state index in [1.807, 2.05) is 0 Å². The van der Waals surface area contributed by atoms with Crippen LogP contribution in [0.2, 0.25) is 0 Å². The van der Waals surface area contributed by atoms with Crippen molar-refractivity contribution < 1.29 is 14.3 Å². The number of carbonyl (C=O) groups is 2. The van der Waals surface area contributed by atoms with Crippen LogP contribution in [0.4, 0.5) is 0 Å². The molecule has 0 aromatic carbocycles. The quantitative estimate of drug-likeness (QED) is 0.652. The summed E-state index contributed by atoms with van der Waals surface area (Å²) in [4.78, 5) is 24.9. The summed E-state index contributed by atoms with van der Waals surface area (Å²) in [7, 11) is 3.30. The predicted molar refractivity (Wildman–Crippen MR) is 63.5 cm³/mol. The first-order chi connectivity index (χ1) is 8.06. The van der Waals surface area contributed by atoms with E-state index in [0.29, 0.717) is 26.3 Å². The van der Waals surface area contributed by atoms with Crippen LogP contribution in [0, 0.1) is 5.92 Å². The van der Waals surface area contributed by atoms with Crippen LogP contribution in [0.3, 0.4) is 0 Å². The van der Waals surface area contributed by atoms with E-state index >= 15 is 0 Å². The molecule has 1 fully saturated rings. The molecule has 0 radical (unpaired) electrons. The molecule has 1 aliphatic heterocycles. The van der Waals surface area contributed by atoms with Gasteiger partial charge in [-0.2, -0.15) is 0 Å². The first-order valence-electron chi connectivity index (χ1n) is 5.84. The van der Waals surface area contributed by atoms with Gasteiger partial charge in [-0.05, 0) is 0 Å². The largest absolute Gasteiger partial charge is 0.378 e. The maximum atomic E-state index is 12.0. The molecule has 2 N–H and O–H groups in total. The molecule has 1 aliphatic rings. The molecule has 2 unspecified atom stereocenters. The summed E-state index contributed by atoms with van der Waals surface area (Å²) in [5.41, 5.74) is 0. The molecule has 1 saturated heterocycles. The smallest absolute Gasteiger partial charge is 0.241 e. The van der Waals surface area contributed by atoms with Crippen molar-refractivity contribution in [2.24, 2.45) is 5.92 Å². The van der Waals surface area contributed by atoms with Gasteiger partial charge in [0.15, 0.2) is 0 Å². The fraction of sp³-hybridized carbons (Fsp3) is 0.818. The van der Waals surface area contributed by atoms with Crippen molar-refractivity contribution in [3.8, 4) is 0 Å². The van der Waals surface area contributed by atoms with Gasteiger partial charge in [0.25, 0.3) is 0 Å². The van der Waals surface area contributed by atoms with E-state index in [4.69, 9.17) is 4.74 Å². The van der Waals surface area contributed by atoms with Crippen LogP contribution in [0.15, 0.2) is 0 Å². The molecule has 98 valence electrons. The van der Waals surface area contributed by atoms with Gasteiger partial charge in [-0.15, -0.1) is 0 Å². The number of amides is 2. The fourth-order valence-corrected chi connectivity index (χ4v) is 1.82. The first-order valence-corrected chi connectivity index (χ1v) is 5.84. The van der Waals surface area contributed by atoms with Gasteiger partial charge in [-0.1, -0.05) is 6.92 Å². The van der Waals surface area contributed by atoms with Crippen molar-refractivity contribution in [2.75, 3.05) is 40.4 Å². The Kier molecular flexibility index (Phi) is 5.37. The highest BCUT2D eigenvalue weighted by Gasteiger charge is 2.26. The van der Waals surface area contributed by atoms with Crippen LogP contribution in [-0.2, 0) is 14.3 Å². The Morgan fingerprint density at radius 3 is 2.82 bits per heavy atom. The summed E-state index contributed by atoms with van der Waals surface area (Å²) in [6.07, 6.45) is 0. The summed E-state index contributed by atoms with van der Waals surface area (Å²) < 4.78 is 5.24. The average Bonchev–Trinajstić information content (AvgIpc) is 2.37. The van der Waals surface area contributed by atoms with Crippen LogP contribution in [0.25, 0.3) is 0 Å². The molecular weight excluding hydrogens is 222 g/mol. The van der Waals surface area contributed by atoms with Crippen LogP contribution < -0.4 is 10.6 Å². The predicted octanol–water partition coefficient (Wildman–Crippen LogP) is -1.18. The van der Waals surface area contributed by atoms with E-state index in [0.717, 1.165) is 0 Å². The second kappa shape index (κ2) is 6.56. The SMILES string of the molecule is CNC(=O)C(C)CN(C)C(=O)C1COCCN1. The molecule has 0 bridgehead atoms. The second-order valence-corrected chi connectivity index (χ2v) is 4.32. The van der Waals surface area contributed by atoms with Crippen molar-refractivity contribution in [3.05, 3.63) is 0 Å². The van der Waals surface area contributed by atoms with Gasteiger partial charge in [-0.3, -0.25) is 9.59 Å². The Labute approximate surface area is 102 Å². The van der Waals surface area contributed by atoms with Gasteiger partial charge in [0.2, 0.25) is 11.8 Å². The molecule has 1 heterocycles. The Balaban J connectivity index is 2.43. The zero-order valence-corrected chi connectivity index (χ0v) is 10.7. The molecule has 1 rings (SSSR count). The number of morpholine rings is 1. The normalized spacial score (nSPS) is 21.7. The molecule has 0 aromatic heterocycles. The zero-order valence-electron chi connectivity index (χ0n) is 10.7. The number of hydrogen-bond acceptors (Lipinski definition) is 4. The van der Waals surface area contributed by atoms with Gasteiger partial charge in [0.1, 0.15) is 6.04 Å². The zero-order chi connectivity index (χ0) is 12.8. The highest BCUT2D eigenvalue weighted by molar-refractivity contribution is 5.83. The molecule has 0 spiro atoms. The molecule has 6 nitrogen and oxygen atoms in total. The standard InChI is InChI=1S/C11H21N3O3/c1-8(10(15)12-2)6-14(3)11(16)9-7-17-5-4-13-9/h8-9,13H,4-7H2,1-3H3,(H,12,15). The first kappa shape index (κ1) is 13.9. The van der Waals surface area contributed by atoms with E-state index < -0.39 is 0 Å². The Hall–Kier alpha value is -1.14. The Morgan fingerprint density at radius 2 is 2.29 bits per heavy atom. The lowest BCUT2D eigenvalue weighted by molar-refractivity contribution is -0.136. The maximum absolute atomic E-state index is 12.0. The maximum Gasteiger partial charge on any atom is 0.241 e. The van der Waals surface area contributed by atoms with E-state index in [1.54, 1.807) is 25.9 Å². The van der Waals surface area contributed by atoms with Crippen molar-refractivity contribution in [1.82, 2.24) is 15.5 Å². The Morgan fingerprint density at radius 1 is 1.59 bits per heavy atom. The van der Waals surface area contributed by atoms with E-state index in [9.17, 15) is 9.59 Å². The Bertz CT molecular complexity index is 277. The van der Waals surface area contributed by atoms with E-state index in [-0.39, 0.29) is 23.8 Å². The lowest BCUT2D eigenvalue weighted by Gasteiger charge is -2.28. The minimum atomic E-state index is -0.286. The topological polar surface area (TPSA) is 70.7 Å². The van der Waals surface area contributed by atoms with Crippen molar-refractivity contribution >= 4 is 11.8 Å². The molecule has 6 heteroatoms. The molecule has 0 aromatic rings. The molecule has 0 saturated carbocycles. The summed E-state index contributed by atoms with van der Waals surface area (Å²) in [5.74, 6) is -0.295. The third-order valence-electron chi connectivity index (χ3n) is 2.84. The van der Waals surface area contributed by atoms with E-state index in [1.165, 1.54) is 0 Å². The summed E-state index contributed by atoms with van der Waals surface area (Å²) >= 11 is 0. The molecule has 2 atom stereocenters. The van der Waals surface area contributed by atoms with Gasteiger partial charge < -0.3 is 20.3 Å². The van der Waals surface area contributed by atoms with Gasteiger partial charge in [0.05, 0.1) is 19.1 Å². The van der Waals surface area contributed by atoms with Gasteiger partial charge in [0, 0.05) is 27.2 Å². The molecule has 2 amide bonds. The highest BCUT2D eigenvalue weighted by Crippen LogP contribution is 2.03. The number of nitrogens with zero attached hydrogens (tertiary/aromatic N) is 1. The van der Waals surface area contributed by atoms with Crippen molar-refractivity contribution in [1.29, 1.82) is 0 Å². The number of hydrogen-bond donors (Lipinski definition) is 2. The minimum absolute atomic E-state index is 0.0274. The monoisotopic (exact) mass is 243 g/mol. The lowest BCUT2D eigenvalue weighted by Crippen LogP contribution is -2.52. The average molecular weight is 243 g/mol. The van der Waals surface area contributed by atoms with Crippen LogP contribution in [0.5, 0.6) is 0 Å². The molecule has 17 heavy (non-hydrogen) atoms. The second-order valence-electron chi connectivity index (χ2n) is 4.32. The van der Waals surface area contributed by atoms with Crippen LogP contribution in [-0.4, -0.2) is 63.2 Å². The number of ether oxygens (including phenoxy) is 1. The third-order valence-corrected chi connectivity index (χ3v) is 2.84. The minimum Gasteiger partial charge on any atom is -0.378 e. The van der Waals surface area contributed by atoms with Crippen molar-refractivity contribution in [3.63, 3.8) is 0 Å². The molecule has 0 aliphatic carbocycles. The number of carbonyl (C=O) groups excluding carboxylic acids is 2. The van der Waals surface area contributed by atoms with E-state index in [2.05, 4.69) is 10.6 Å². The lowest BCUT2D eigenvalue weighted by atomic mass is 10.1. The fourth-order valence-electron chi connectivity index (χ4n) is 1.82. The van der Waals surface area contributed by atoms with Gasteiger partial charge >= 0.3 is 0 Å².